The molecule has 33 heavy (non-hydrogen) atoms. The summed E-state index contributed by atoms with van der Waals surface area (Å²) in [4.78, 5) is 69.8. The van der Waals surface area contributed by atoms with E-state index in [1.165, 1.54) is 0 Å². The standard InChI is InChI=1S/C20H27N5O8/c21-12(6-7-15(22)26)18(30)23-10-16(27)24-13(8-11-4-2-1-3-5-11)19(31)25-14(20(32)33)9-17(28)29/h1-5,12-14H,6-10,21H2,(H2,22,26)(H,23,30)(H,24,27)(H,25,31)(H,28,29)(H,32,33). The van der Waals surface area contributed by atoms with Crippen LogP contribution in [-0.4, -0.2) is 70.5 Å². The van der Waals surface area contributed by atoms with Crippen LogP contribution in [0.2, 0.25) is 0 Å². The molecule has 0 aliphatic rings. The molecule has 9 N–H and O–H groups in total. The molecule has 1 aromatic carbocycles. The normalized spacial score (nSPS) is 13.1. The van der Waals surface area contributed by atoms with Gasteiger partial charge in [-0.3, -0.25) is 24.0 Å². The Hall–Kier alpha value is -4.00. The monoisotopic (exact) mass is 465 g/mol. The predicted molar refractivity (Wildman–Crippen MR) is 113 cm³/mol. The fraction of sp³-hybridized carbons (Fsp3) is 0.400. The summed E-state index contributed by atoms with van der Waals surface area (Å²) in [6.07, 6.45) is -1.00. The molecule has 0 spiro atoms. The van der Waals surface area contributed by atoms with E-state index in [1.807, 2.05) is 0 Å². The largest absolute Gasteiger partial charge is 0.481 e. The van der Waals surface area contributed by atoms with Crippen molar-refractivity contribution in [3.8, 4) is 0 Å². The summed E-state index contributed by atoms with van der Waals surface area (Å²) >= 11 is 0. The van der Waals surface area contributed by atoms with Crippen LogP contribution >= 0.6 is 0 Å². The summed E-state index contributed by atoms with van der Waals surface area (Å²) < 4.78 is 0. The molecule has 1 rings (SSSR count). The Labute approximate surface area is 188 Å². The molecule has 3 unspecified atom stereocenters. The van der Waals surface area contributed by atoms with E-state index in [1.54, 1.807) is 30.3 Å². The molecule has 0 saturated carbocycles. The fourth-order valence-corrected chi connectivity index (χ4v) is 2.68. The first-order valence-corrected chi connectivity index (χ1v) is 9.89. The molecule has 13 heteroatoms. The van der Waals surface area contributed by atoms with Gasteiger partial charge in [-0.1, -0.05) is 30.3 Å². The smallest absolute Gasteiger partial charge is 0.326 e. The van der Waals surface area contributed by atoms with E-state index in [0.717, 1.165) is 0 Å². The molecular formula is C20H27N5O8. The highest BCUT2D eigenvalue weighted by Crippen LogP contribution is 2.05. The van der Waals surface area contributed by atoms with Crippen molar-refractivity contribution in [3.05, 3.63) is 35.9 Å². The van der Waals surface area contributed by atoms with Crippen LogP contribution in [0.1, 0.15) is 24.8 Å². The second kappa shape index (κ2) is 13.4. The Morgan fingerprint density at radius 2 is 1.55 bits per heavy atom. The zero-order valence-electron chi connectivity index (χ0n) is 17.7. The van der Waals surface area contributed by atoms with Gasteiger partial charge in [-0.25, -0.2) is 4.79 Å². The Kier molecular flexibility index (Phi) is 11.0. The van der Waals surface area contributed by atoms with Gasteiger partial charge in [0, 0.05) is 12.8 Å². The molecule has 0 saturated heterocycles. The van der Waals surface area contributed by atoms with Gasteiger partial charge in [-0.05, 0) is 12.0 Å². The lowest BCUT2D eigenvalue weighted by Gasteiger charge is -2.21. The lowest BCUT2D eigenvalue weighted by molar-refractivity contribution is -0.147. The highest BCUT2D eigenvalue weighted by molar-refractivity contribution is 5.93. The third-order valence-electron chi connectivity index (χ3n) is 4.39. The summed E-state index contributed by atoms with van der Waals surface area (Å²) in [6, 6.07) is 4.47. The number of rotatable bonds is 14. The van der Waals surface area contributed by atoms with Gasteiger partial charge >= 0.3 is 11.9 Å². The molecule has 3 atom stereocenters. The van der Waals surface area contributed by atoms with E-state index in [0.29, 0.717) is 5.56 Å². The van der Waals surface area contributed by atoms with Gasteiger partial charge in [0.15, 0.2) is 0 Å². The molecule has 0 heterocycles. The van der Waals surface area contributed by atoms with Crippen LogP contribution in [0.25, 0.3) is 0 Å². The molecule has 1 aromatic rings. The SMILES string of the molecule is NC(=O)CCC(N)C(=O)NCC(=O)NC(Cc1ccccc1)C(=O)NC(CC(=O)O)C(=O)O. The van der Waals surface area contributed by atoms with Crippen molar-refractivity contribution < 1.29 is 39.0 Å². The van der Waals surface area contributed by atoms with Crippen LogP contribution in [0.3, 0.4) is 0 Å². The Bertz CT molecular complexity index is 876. The first-order valence-electron chi connectivity index (χ1n) is 9.89. The second-order valence-electron chi connectivity index (χ2n) is 7.14. The van der Waals surface area contributed by atoms with E-state index in [9.17, 15) is 28.8 Å². The number of carboxylic acid groups (broad SMARTS) is 2. The van der Waals surface area contributed by atoms with Crippen LogP contribution in [-0.2, 0) is 35.2 Å². The Balaban J connectivity index is 2.81. The van der Waals surface area contributed by atoms with Crippen LogP contribution in [0.15, 0.2) is 30.3 Å². The maximum atomic E-state index is 12.6. The third-order valence-corrected chi connectivity index (χ3v) is 4.39. The van der Waals surface area contributed by atoms with Crippen molar-refractivity contribution in [2.75, 3.05) is 6.54 Å². The van der Waals surface area contributed by atoms with E-state index >= 15 is 0 Å². The van der Waals surface area contributed by atoms with Gasteiger partial charge in [-0.15, -0.1) is 0 Å². The minimum Gasteiger partial charge on any atom is -0.481 e. The topological polar surface area (TPSA) is 231 Å². The molecule has 0 bridgehead atoms. The van der Waals surface area contributed by atoms with Crippen molar-refractivity contribution in [1.82, 2.24) is 16.0 Å². The summed E-state index contributed by atoms with van der Waals surface area (Å²) in [7, 11) is 0. The minimum absolute atomic E-state index is 0.0119. The zero-order valence-corrected chi connectivity index (χ0v) is 17.7. The molecular weight excluding hydrogens is 438 g/mol. The van der Waals surface area contributed by atoms with Crippen LogP contribution in [0.5, 0.6) is 0 Å². The minimum atomic E-state index is -1.70. The maximum Gasteiger partial charge on any atom is 0.326 e. The van der Waals surface area contributed by atoms with Gasteiger partial charge in [0.1, 0.15) is 12.1 Å². The van der Waals surface area contributed by atoms with E-state index in [2.05, 4.69) is 16.0 Å². The first-order chi connectivity index (χ1) is 15.5. The fourth-order valence-electron chi connectivity index (χ4n) is 2.68. The van der Waals surface area contributed by atoms with E-state index < -0.39 is 66.7 Å². The zero-order chi connectivity index (χ0) is 25.0. The second-order valence-corrected chi connectivity index (χ2v) is 7.14. The Morgan fingerprint density at radius 1 is 0.909 bits per heavy atom. The maximum absolute atomic E-state index is 12.6. The summed E-state index contributed by atoms with van der Waals surface area (Å²) in [5, 5.41) is 24.7. The van der Waals surface area contributed by atoms with Crippen molar-refractivity contribution in [2.24, 2.45) is 11.5 Å². The number of benzene rings is 1. The number of nitrogens with two attached hydrogens (primary N) is 2. The lowest BCUT2D eigenvalue weighted by atomic mass is 10.0. The number of carboxylic acids is 2. The number of carbonyl (C=O) groups excluding carboxylic acids is 4. The molecule has 0 aliphatic heterocycles. The van der Waals surface area contributed by atoms with Gasteiger partial charge in [-0.2, -0.15) is 0 Å². The number of hydrogen-bond acceptors (Lipinski definition) is 7. The van der Waals surface area contributed by atoms with Crippen LogP contribution in [0, 0.1) is 0 Å². The number of hydrogen-bond donors (Lipinski definition) is 7. The summed E-state index contributed by atoms with van der Waals surface area (Å²) in [5.74, 6) is -6.00. The van der Waals surface area contributed by atoms with E-state index in [4.69, 9.17) is 21.7 Å². The average molecular weight is 465 g/mol. The summed E-state index contributed by atoms with van der Waals surface area (Å²) in [6.45, 7) is -0.543. The number of aliphatic carboxylic acids is 2. The molecule has 180 valence electrons. The van der Waals surface area contributed by atoms with Gasteiger partial charge in [0.05, 0.1) is 19.0 Å². The molecule has 0 radical (unpaired) electrons. The number of amides is 4. The van der Waals surface area contributed by atoms with Crippen molar-refractivity contribution in [3.63, 3.8) is 0 Å². The van der Waals surface area contributed by atoms with Gasteiger partial charge in [0.25, 0.3) is 0 Å². The van der Waals surface area contributed by atoms with Crippen LogP contribution in [0.4, 0.5) is 0 Å². The third kappa shape index (κ3) is 10.7. The predicted octanol–water partition coefficient (Wildman–Crippen LogP) is -2.53. The Morgan fingerprint density at radius 3 is 2.09 bits per heavy atom. The lowest BCUT2D eigenvalue weighted by Crippen LogP contribution is -2.54. The van der Waals surface area contributed by atoms with E-state index in [-0.39, 0.29) is 19.3 Å². The number of nitrogens with one attached hydrogen (secondary N) is 3. The highest BCUT2D eigenvalue weighted by Gasteiger charge is 2.28. The number of primary amides is 1. The van der Waals surface area contributed by atoms with Crippen molar-refractivity contribution in [2.45, 2.75) is 43.8 Å². The summed E-state index contributed by atoms with van der Waals surface area (Å²) in [5.41, 5.74) is 11.2. The molecule has 0 fully saturated rings. The first kappa shape index (κ1) is 27.0. The van der Waals surface area contributed by atoms with Crippen LogP contribution < -0.4 is 27.4 Å². The average Bonchev–Trinajstić information content (AvgIpc) is 2.75. The molecule has 0 aliphatic carbocycles. The van der Waals surface area contributed by atoms with Gasteiger partial charge < -0.3 is 37.6 Å². The molecule has 4 amide bonds. The number of carbonyl (C=O) groups is 6. The van der Waals surface area contributed by atoms with Crippen molar-refractivity contribution >= 4 is 35.6 Å². The van der Waals surface area contributed by atoms with Crippen molar-refractivity contribution in [1.29, 1.82) is 0 Å². The van der Waals surface area contributed by atoms with Gasteiger partial charge in [0.2, 0.25) is 23.6 Å². The highest BCUT2D eigenvalue weighted by atomic mass is 16.4. The quantitative estimate of drug-likeness (QED) is 0.153. The molecule has 0 aromatic heterocycles. The molecule has 13 nitrogen and oxygen atoms in total.